The van der Waals surface area contributed by atoms with E-state index in [4.69, 9.17) is 9.47 Å². The summed E-state index contributed by atoms with van der Waals surface area (Å²) in [6.07, 6.45) is 3.36. The predicted octanol–water partition coefficient (Wildman–Crippen LogP) is 3.20. The molecule has 25 heavy (non-hydrogen) atoms. The molecule has 1 saturated heterocycles. The van der Waals surface area contributed by atoms with Gasteiger partial charge in [0.05, 0.1) is 19.2 Å². The Hall–Kier alpha value is -2.21. The van der Waals surface area contributed by atoms with Crippen LogP contribution >= 0.6 is 0 Å². The van der Waals surface area contributed by atoms with E-state index in [1.54, 1.807) is 11.1 Å². The van der Waals surface area contributed by atoms with Crippen molar-refractivity contribution < 1.29 is 14.3 Å². The van der Waals surface area contributed by atoms with E-state index in [2.05, 4.69) is 16.0 Å². The second-order valence-corrected chi connectivity index (χ2v) is 7.33. The number of carbonyl (C=O) groups excluding carboxylic acids is 1. The molecule has 1 aliphatic rings. The average Bonchev–Trinajstić information content (AvgIpc) is 2.51. The maximum absolute atomic E-state index is 11.8. The zero-order chi connectivity index (χ0) is 17.9. The molecule has 0 saturated carbocycles. The summed E-state index contributed by atoms with van der Waals surface area (Å²) in [6, 6.07) is 8.01. The van der Waals surface area contributed by atoms with Crippen molar-refractivity contribution in [2.45, 2.75) is 45.3 Å². The SMILES string of the molecule is CC(C)(C)OC(=O)N1CC(OCCCc2ccc3cccnc3n2)C1. The standard InChI is InChI=1S/C19H25N3O3/c1-19(2,3)25-18(23)22-12-16(13-22)24-11-5-7-15-9-8-14-6-4-10-20-17(14)21-15/h4,6,8-10,16H,5,7,11-13H2,1-3H3. The molecule has 134 valence electrons. The minimum absolute atomic E-state index is 0.110. The van der Waals surface area contributed by atoms with Crippen LogP contribution in [0.1, 0.15) is 32.9 Å². The number of hydrogen-bond donors (Lipinski definition) is 0. The van der Waals surface area contributed by atoms with Crippen molar-refractivity contribution in [3.05, 3.63) is 36.2 Å². The summed E-state index contributed by atoms with van der Waals surface area (Å²) in [7, 11) is 0. The van der Waals surface area contributed by atoms with E-state index in [9.17, 15) is 4.79 Å². The Balaban J connectivity index is 1.35. The molecule has 1 aliphatic heterocycles. The molecule has 0 atom stereocenters. The molecule has 0 aliphatic carbocycles. The zero-order valence-electron chi connectivity index (χ0n) is 15.1. The van der Waals surface area contributed by atoms with Gasteiger partial charge < -0.3 is 14.4 Å². The van der Waals surface area contributed by atoms with E-state index >= 15 is 0 Å². The molecule has 0 radical (unpaired) electrons. The number of ether oxygens (including phenoxy) is 2. The predicted molar refractivity (Wildman–Crippen MR) is 95.4 cm³/mol. The highest BCUT2D eigenvalue weighted by Gasteiger charge is 2.34. The van der Waals surface area contributed by atoms with Gasteiger partial charge in [-0.05, 0) is 57.9 Å². The first-order valence-electron chi connectivity index (χ1n) is 8.71. The van der Waals surface area contributed by atoms with Crippen LogP contribution in [0, 0.1) is 0 Å². The van der Waals surface area contributed by atoms with Gasteiger partial charge in [-0.25, -0.2) is 14.8 Å². The first-order valence-corrected chi connectivity index (χ1v) is 8.71. The summed E-state index contributed by atoms with van der Waals surface area (Å²) < 4.78 is 11.1. The van der Waals surface area contributed by atoms with Gasteiger partial charge in [0.25, 0.3) is 0 Å². The normalized spacial score (nSPS) is 15.2. The molecule has 3 heterocycles. The third-order valence-electron chi connectivity index (χ3n) is 3.95. The number of hydrogen-bond acceptors (Lipinski definition) is 5. The topological polar surface area (TPSA) is 64.5 Å². The van der Waals surface area contributed by atoms with Crippen molar-refractivity contribution in [2.75, 3.05) is 19.7 Å². The molecule has 0 unspecified atom stereocenters. The lowest BCUT2D eigenvalue weighted by Crippen LogP contribution is -2.55. The Kier molecular flexibility index (Phi) is 5.18. The molecule has 1 fully saturated rings. The summed E-state index contributed by atoms with van der Waals surface area (Å²) in [5, 5.41) is 1.05. The van der Waals surface area contributed by atoms with E-state index in [1.165, 1.54) is 0 Å². The van der Waals surface area contributed by atoms with Gasteiger partial charge in [-0.3, -0.25) is 0 Å². The molecular weight excluding hydrogens is 318 g/mol. The van der Waals surface area contributed by atoms with Gasteiger partial charge in [0.15, 0.2) is 5.65 Å². The summed E-state index contributed by atoms with van der Waals surface area (Å²) >= 11 is 0. The summed E-state index contributed by atoms with van der Waals surface area (Å²) in [5.41, 5.74) is 1.36. The van der Waals surface area contributed by atoms with E-state index in [0.717, 1.165) is 29.6 Å². The van der Waals surface area contributed by atoms with Crippen LogP contribution in [0.4, 0.5) is 4.79 Å². The summed E-state index contributed by atoms with van der Waals surface area (Å²) in [5.74, 6) is 0. The zero-order valence-corrected chi connectivity index (χ0v) is 15.1. The van der Waals surface area contributed by atoms with Gasteiger partial charge in [0.1, 0.15) is 5.60 Å². The van der Waals surface area contributed by atoms with Crippen molar-refractivity contribution in [3.8, 4) is 0 Å². The van der Waals surface area contributed by atoms with E-state index < -0.39 is 5.60 Å². The molecule has 6 nitrogen and oxygen atoms in total. The molecule has 0 N–H and O–H groups in total. The molecule has 0 bridgehead atoms. The number of nitrogens with zero attached hydrogens (tertiary/aromatic N) is 3. The molecule has 2 aromatic rings. The van der Waals surface area contributed by atoms with Gasteiger partial charge in [-0.15, -0.1) is 0 Å². The Morgan fingerprint density at radius 1 is 1.28 bits per heavy atom. The fourth-order valence-electron chi connectivity index (χ4n) is 2.65. The number of likely N-dealkylation sites (tertiary alicyclic amines) is 1. The monoisotopic (exact) mass is 343 g/mol. The van der Waals surface area contributed by atoms with Crippen molar-refractivity contribution in [2.24, 2.45) is 0 Å². The number of carbonyl (C=O) groups is 1. The highest BCUT2D eigenvalue weighted by Crippen LogP contribution is 2.17. The van der Waals surface area contributed by atoms with Crippen LogP contribution in [-0.4, -0.2) is 52.4 Å². The third-order valence-corrected chi connectivity index (χ3v) is 3.95. The molecular formula is C19H25N3O3. The smallest absolute Gasteiger partial charge is 0.410 e. The lowest BCUT2D eigenvalue weighted by molar-refractivity contribution is -0.0634. The largest absolute Gasteiger partial charge is 0.444 e. The molecule has 1 amide bonds. The Labute approximate surface area is 148 Å². The van der Waals surface area contributed by atoms with Crippen molar-refractivity contribution in [1.82, 2.24) is 14.9 Å². The maximum atomic E-state index is 11.8. The lowest BCUT2D eigenvalue weighted by atomic mass is 10.1. The highest BCUT2D eigenvalue weighted by atomic mass is 16.6. The molecule has 2 aromatic heterocycles. The number of pyridine rings is 2. The quantitative estimate of drug-likeness (QED) is 0.780. The average molecular weight is 343 g/mol. The van der Waals surface area contributed by atoms with Gasteiger partial charge in [0, 0.05) is 23.9 Å². The number of rotatable bonds is 5. The van der Waals surface area contributed by atoms with Crippen molar-refractivity contribution in [1.29, 1.82) is 0 Å². The van der Waals surface area contributed by atoms with Gasteiger partial charge >= 0.3 is 6.09 Å². The minimum atomic E-state index is -0.454. The first-order chi connectivity index (χ1) is 11.9. The highest BCUT2D eigenvalue weighted by molar-refractivity contribution is 5.74. The van der Waals surface area contributed by atoms with E-state index in [0.29, 0.717) is 19.7 Å². The van der Waals surface area contributed by atoms with Crippen LogP contribution in [0.25, 0.3) is 11.0 Å². The first kappa shape index (κ1) is 17.6. The summed E-state index contributed by atoms with van der Waals surface area (Å²) in [4.78, 5) is 22.4. The van der Waals surface area contributed by atoms with Gasteiger partial charge in [-0.2, -0.15) is 0 Å². The second-order valence-electron chi connectivity index (χ2n) is 7.33. The molecule has 0 spiro atoms. The van der Waals surface area contributed by atoms with E-state index in [-0.39, 0.29) is 12.2 Å². The third kappa shape index (κ3) is 4.89. The second kappa shape index (κ2) is 7.35. The van der Waals surface area contributed by atoms with Gasteiger partial charge in [-0.1, -0.05) is 0 Å². The van der Waals surface area contributed by atoms with Crippen LogP contribution in [-0.2, 0) is 15.9 Å². The molecule has 3 rings (SSSR count). The van der Waals surface area contributed by atoms with Crippen LogP contribution in [0.3, 0.4) is 0 Å². The number of aryl methyl sites for hydroxylation is 1. The minimum Gasteiger partial charge on any atom is -0.444 e. The fourth-order valence-corrected chi connectivity index (χ4v) is 2.65. The molecule has 6 heteroatoms. The van der Waals surface area contributed by atoms with Crippen LogP contribution in [0.2, 0.25) is 0 Å². The van der Waals surface area contributed by atoms with Crippen LogP contribution < -0.4 is 0 Å². The van der Waals surface area contributed by atoms with Crippen LogP contribution in [0.5, 0.6) is 0 Å². The number of fused-ring (bicyclic) bond motifs is 1. The van der Waals surface area contributed by atoms with Crippen molar-refractivity contribution in [3.63, 3.8) is 0 Å². The van der Waals surface area contributed by atoms with Crippen molar-refractivity contribution >= 4 is 17.1 Å². The van der Waals surface area contributed by atoms with E-state index in [1.807, 2.05) is 39.0 Å². The fraction of sp³-hybridized carbons (Fsp3) is 0.526. The summed E-state index contributed by atoms with van der Waals surface area (Å²) in [6.45, 7) is 7.48. The number of amides is 1. The Morgan fingerprint density at radius 3 is 2.84 bits per heavy atom. The molecule has 0 aromatic carbocycles. The number of aromatic nitrogens is 2. The van der Waals surface area contributed by atoms with Crippen LogP contribution in [0.15, 0.2) is 30.5 Å². The Bertz CT molecular complexity index is 736. The maximum Gasteiger partial charge on any atom is 0.410 e. The van der Waals surface area contributed by atoms with Gasteiger partial charge in [0.2, 0.25) is 0 Å². The Morgan fingerprint density at radius 2 is 2.08 bits per heavy atom. The lowest BCUT2D eigenvalue weighted by Gasteiger charge is -2.39.